The minimum atomic E-state index is -1.14. The van der Waals surface area contributed by atoms with Gasteiger partial charge in [0.15, 0.2) is 6.17 Å². The Balaban J connectivity index is 0.000000123. The number of aliphatic hydroxyl groups is 3. The van der Waals surface area contributed by atoms with Crippen molar-refractivity contribution in [3.05, 3.63) is 219 Å². The van der Waals surface area contributed by atoms with Crippen LogP contribution >= 0.6 is 0 Å². The van der Waals surface area contributed by atoms with Gasteiger partial charge in [-0.05, 0) is 174 Å². The van der Waals surface area contributed by atoms with Crippen molar-refractivity contribution in [2.24, 2.45) is 0 Å². The van der Waals surface area contributed by atoms with Crippen molar-refractivity contribution in [2.45, 2.75) is 168 Å². The molecule has 1 fully saturated rings. The molecular formula is C83H102F3N13O4. The van der Waals surface area contributed by atoms with Crippen LogP contribution in [0.5, 0.6) is 5.75 Å². The molecule has 7 unspecified atom stereocenters. The van der Waals surface area contributed by atoms with E-state index in [2.05, 4.69) is 124 Å². The highest BCUT2D eigenvalue weighted by Gasteiger charge is 2.38. The topological polar surface area (TPSA) is 168 Å². The molecule has 16 rings (SSSR count). The second kappa shape index (κ2) is 30.0. The highest BCUT2D eigenvalue weighted by molar-refractivity contribution is 5.91. The van der Waals surface area contributed by atoms with E-state index in [4.69, 9.17) is 0 Å². The fourth-order valence-corrected chi connectivity index (χ4v) is 16.8. The summed E-state index contributed by atoms with van der Waals surface area (Å²) in [4.78, 5) is 27.7. The number of rotatable bonds is 14. The molecule has 5 aliphatic rings. The van der Waals surface area contributed by atoms with Crippen molar-refractivity contribution < 1.29 is 33.6 Å². The van der Waals surface area contributed by atoms with Gasteiger partial charge in [-0.25, -0.2) is 13.2 Å². The summed E-state index contributed by atoms with van der Waals surface area (Å²) < 4.78 is 52.0. The van der Waals surface area contributed by atoms with Crippen molar-refractivity contribution in [1.29, 1.82) is 0 Å². The van der Waals surface area contributed by atoms with Gasteiger partial charge in [0.1, 0.15) is 35.4 Å². The van der Waals surface area contributed by atoms with E-state index in [1.807, 2.05) is 99.2 Å². The molecule has 7 atom stereocenters. The van der Waals surface area contributed by atoms with Crippen LogP contribution in [-0.2, 0) is 81.9 Å². The molecule has 5 aliphatic heterocycles. The molecule has 0 radical (unpaired) electrons. The Kier molecular flexibility index (Phi) is 21.3. The Morgan fingerprint density at radius 2 is 1.05 bits per heavy atom. The van der Waals surface area contributed by atoms with Gasteiger partial charge in [0.05, 0.1) is 49.3 Å². The number of likely N-dealkylation sites (N-methyl/N-ethyl adjacent to an activating group) is 4. The van der Waals surface area contributed by atoms with Crippen LogP contribution in [0.25, 0.3) is 43.6 Å². The SMILES string of the molecule is CN1CCc2c(c3c(O)cncc3n2CCN2CCCC2)C1.Cc1ccc2c(c1)c1c(n2CC(C)(O)c2cccnc2)C(F)CN(C)C1.Cc1ccc2c(c1)c1c(n2CC(C)(O)c2cccnc2)CC(C(C)F)N(C)C1.Cc1ccc2c(c1)c1c(n2CC(C)(O)c2cccnc2)CCN(C)C1CF. The van der Waals surface area contributed by atoms with Crippen LogP contribution in [0.15, 0.2) is 141 Å². The molecule has 544 valence electrons. The van der Waals surface area contributed by atoms with Crippen LogP contribution in [-0.4, -0.2) is 169 Å². The molecule has 4 N–H and O–H groups in total. The smallest absolute Gasteiger partial charge is 0.153 e. The Hall–Kier alpha value is -8.31. The van der Waals surface area contributed by atoms with Gasteiger partial charge in [-0.15, -0.1) is 0 Å². The highest BCUT2D eigenvalue weighted by Crippen LogP contribution is 2.43. The number of hydrogen-bond donors (Lipinski definition) is 4. The van der Waals surface area contributed by atoms with Gasteiger partial charge >= 0.3 is 0 Å². The second-order valence-electron chi connectivity index (χ2n) is 30.6. The van der Waals surface area contributed by atoms with E-state index in [9.17, 15) is 29.2 Å². The minimum Gasteiger partial charge on any atom is -0.506 e. The number of pyridine rings is 4. The number of hydrogen-bond acceptors (Lipinski definition) is 13. The number of nitrogens with zero attached hydrogens (tertiary/aromatic N) is 13. The van der Waals surface area contributed by atoms with Crippen molar-refractivity contribution in [3.63, 3.8) is 0 Å². The van der Waals surface area contributed by atoms with Crippen LogP contribution in [0.1, 0.15) is 131 Å². The van der Waals surface area contributed by atoms with E-state index in [0.717, 1.165) is 147 Å². The standard InChI is InChI=1S/C23H28FN3O.C22H26FN3O.C21H24FN3O.C17H24N4O/c1-15-7-8-20-18(10-15)19-13-26(4)21(16(2)24)11-22(19)27(20)14-23(3,28)17-6-5-9-25-12-17;1-15-6-7-18-17(11-15)21-19(8-10-25(3)20(21)12-23)26(18)14-22(2,27)16-5-4-9-24-13-16;1-14-6-7-19-16(9-14)17-11-24(3)12-18(22)20(17)25(19)13-21(2,26)15-5-4-8-23-10-15;1-19-7-4-14-13(12-19)17-15(10-18-11-16(17)22)21(14)9-8-20-5-2-3-6-20/h5-10,12,16,21,28H,11,13-14H2,1-4H3;4-7,9,11,13,20,27H,8,10,12,14H2,1-3H3;4-10,18,26H,11-13H2,1-3H3;10-11,22H,2-9,12H2,1H3. The number of halogens is 3. The number of fused-ring (bicyclic) bond motifs is 12. The number of likely N-dealkylation sites (tertiary alicyclic amines) is 1. The predicted octanol–water partition coefficient (Wildman–Crippen LogP) is 13.3. The van der Waals surface area contributed by atoms with E-state index in [-0.39, 0.29) is 18.6 Å². The van der Waals surface area contributed by atoms with Gasteiger partial charge in [-0.1, -0.05) is 53.1 Å². The van der Waals surface area contributed by atoms with E-state index < -0.39 is 35.8 Å². The van der Waals surface area contributed by atoms with E-state index in [1.165, 1.54) is 53.7 Å². The molecule has 0 aliphatic carbocycles. The molecule has 13 heterocycles. The Bertz CT molecular complexity index is 4790. The van der Waals surface area contributed by atoms with Gasteiger partial charge in [0, 0.05) is 192 Å². The molecule has 1 saturated heterocycles. The normalized spacial score (nSPS) is 20.1. The summed E-state index contributed by atoms with van der Waals surface area (Å²) in [6.45, 7) is 23.1. The third-order valence-corrected chi connectivity index (χ3v) is 22.4. The van der Waals surface area contributed by atoms with Crippen LogP contribution in [0.3, 0.4) is 0 Å². The molecular weight excluding hydrogens is 1300 g/mol. The molecule has 0 amide bonds. The zero-order chi connectivity index (χ0) is 72.8. The van der Waals surface area contributed by atoms with Gasteiger partial charge in [0.2, 0.25) is 0 Å². The lowest BCUT2D eigenvalue weighted by Crippen LogP contribution is -2.43. The summed E-state index contributed by atoms with van der Waals surface area (Å²) in [6.07, 6.45) is 16.9. The fourth-order valence-electron chi connectivity index (χ4n) is 16.8. The molecule has 103 heavy (non-hydrogen) atoms. The highest BCUT2D eigenvalue weighted by atomic mass is 19.1. The first kappa shape index (κ1) is 73.0. The summed E-state index contributed by atoms with van der Waals surface area (Å²) >= 11 is 0. The lowest BCUT2D eigenvalue weighted by Gasteiger charge is -2.35. The van der Waals surface area contributed by atoms with Gasteiger partial charge in [0.25, 0.3) is 0 Å². The summed E-state index contributed by atoms with van der Waals surface area (Å²) in [5, 5.41) is 48.3. The van der Waals surface area contributed by atoms with Crippen LogP contribution in [0.4, 0.5) is 13.2 Å². The number of aromatic hydroxyl groups is 1. The van der Waals surface area contributed by atoms with E-state index >= 15 is 4.39 Å². The summed E-state index contributed by atoms with van der Waals surface area (Å²) in [5.41, 5.74) is 15.8. The lowest BCUT2D eigenvalue weighted by molar-refractivity contribution is 0.0362. The zero-order valence-corrected chi connectivity index (χ0v) is 61.8. The summed E-state index contributed by atoms with van der Waals surface area (Å²) in [7, 11) is 8.07. The summed E-state index contributed by atoms with van der Waals surface area (Å²) in [6, 6.07) is 29.7. The molecule has 0 spiro atoms. The molecule has 3 aromatic carbocycles. The molecule has 17 nitrogen and oxygen atoms in total. The average molecular weight is 1400 g/mol. The quantitative estimate of drug-likeness (QED) is 0.0812. The Morgan fingerprint density at radius 1 is 0.534 bits per heavy atom. The average Bonchev–Trinajstić information content (AvgIpc) is 1.60. The fraction of sp³-hybridized carbons (Fsp3) is 0.446. The van der Waals surface area contributed by atoms with Gasteiger partial charge < -0.3 is 48.5 Å². The first-order chi connectivity index (χ1) is 49.3. The number of aryl methyl sites for hydroxylation is 3. The van der Waals surface area contributed by atoms with Crippen LogP contribution < -0.4 is 0 Å². The molecule has 11 aromatic rings. The Labute approximate surface area is 603 Å². The third kappa shape index (κ3) is 14.9. The van der Waals surface area contributed by atoms with E-state index in [1.54, 1.807) is 57.2 Å². The second-order valence-corrected chi connectivity index (χ2v) is 30.6. The van der Waals surface area contributed by atoms with Gasteiger partial charge in [-0.3, -0.25) is 34.6 Å². The van der Waals surface area contributed by atoms with Crippen molar-refractivity contribution in [1.82, 2.24) is 62.7 Å². The van der Waals surface area contributed by atoms with Gasteiger partial charge in [-0.2, -0.15) is 0 Å². The maximum Gasteiger partial charge on any atom is 0.153 e. The van der Waals surface area contributed by atoms with Crippen LogP contribution in [0, 0.1) is 20.8 Å². The number of aromatic nitrogens is 8. The molecule has 0 saturated carbocycles. The predicted molar refractivity (Wildman–Crippen MR) is 403 cm³/mol. The van der Waals surface area contributed by atoms with Crippen molar-refractivity contribution in [3.8, 4) is 5.75 Å². The first-order valence-corrected chi connectivity index (χ1v) is 36.5. The number of alkyl halides is 3. The summed E-state index contributed by atoms with van der Waals surface area (Å²) in [5.74, 6) is 0.323. The zero-order valence-electron chi connectivity index (χ0n) is 61.8. The Morgan fingerprint density at radius 3 is 1.60 bits per heavy atom. The maximum absolute atomic E-state index is 15.0. The largest absolute Gasteiger partial charge is 0.506 e. The molecule has 20 heteroatoms. The number of benzene rings is 3. The van der Waals surface area contributed by atoms with E-state index in [0.29, 0.717) is 37.5 Å². The maximum atomic E-state index is 15.0. The van der Waals surface area contributed by atoms with Crippen molar-refractivity contribution in [2.75, 3.05) is 74.1 Å². The monoisotopic (exact) mass is 1400 g/mol. The molecule has 8 aromatic heterocycles. The third-order valence-electron chi connectivity index (χ3n) is 22.4. The minimum absolute atomic E-state index is 0.153. The van der Waals surface area contributed by atoms with Crippen LogP contribution in [0.2, 0.25) is 0 Å². The first-order valence-electron chi connectivity index (χ1n) is 36.5. The van der Waals surface area contributed by atoms with Crippen molar-refractivity contribution >= 4 is 43.6 Å². The molecule has 0 bridgehead atoms. The lowest BCUT2D eigenvalue weighted by atomic mass is 9.95.